The van der Waals surface area contributed by atoms with Crippen LogP contribution in [0.2, 0.25) is 0 Å². The summed E-state index contributed by atoms with van der Waals surface area (Å²) < 4.78 is 1.24. The summed E-state index contributed by atoms with van der Waals surface area (Å²) in [6, 6.07) is 8.34. The van der Waals surface area contributed by atoms with E-state index < -0.39 is 0 Å². The van der Waals surface area contributed by atoms with Crippen molar-refractivity contribution in [3.05, 3.63) is 58.4 Å². The van der Waals surface area contributed by atoms with Crippen LogP contribution in [0.15, 0.2) is 36.7 Å². The fraction of sp³-hybridized carbons (Fsp3) is 0.125. The van der Waals surface area contributed by atoms with Crippen molar-refractivity contribution in [3.63, 3.8) is 0 Å². The first kappa shape index (κ1) is 12.1. The Bertz CT molecular complexity index is 703. The number of hydrogen-bond acceptors (Lipinski definition) is 3. The van der Waals surface area contributed by atoms with Crippen molar-refractivity contribution >= 4 is 33.7 Å². The zero-order valence-electron chi connectivity index (χ0n) is 10.9. The van der Waals surface area contributed by atoms with Gasteiger partial charge in [-0.3, -0.25) is 4.98 Å². The number of rotatable bonds is 2. The van der Waals surface area contributed by atoms with Crippen LogP contribution < -0.4 is 0 Å². The van der Waals surface area contributed by atoms with Gasteiger partial charge < -0.3 is 0 Å². The molecule has 0 spiro atoms. The van der Waals surface area contributed by atoms with Gasteiger partial charge in [0.2, 0.25) is 0 Å². The second-order valence-corrected chi connectivity index (χ2v) is 5.64. The largest absolute Gasteiger partial charge is 0.264 e. The zero-order valence-corrected chi connectivity index (χ0v) is 11.7. The summed E-state index contributed by atoms with van der Waals surface area (Å²) in [5, 5.41) is 1.03. The maximum Gasteiger partial charge on any atom is 0.117 e. The Hall–Kier alpha value is -2.00. The van der Waals surface area contributed by atoms with Gasteiger partial charge in [-0.05, 0) is 54.8 Å². The highest BCUT2D eigenvalue weighted by Gasteiger charge is 2.03. The Labute approximate surface area is 116 Å². The lowest BCUT2D eigenvalue weighted by Crippen LogP contribution is -1.79. The topological polar surface area (TPSA) is 25.8 Å². The van der Waals surface area contributed by atoms with Crippen LogP contribution in [0.3, 0.4) is 0 Å². The van der Waals surface area contributed by atoms with Gasteiger partial charge in [-0.15, -0.1) is 11.3 Å². The summed E-state index contributed by atoms with van der Waals surface area (Å²) >= 11 is 1.72. The number of thiazole rings is 1. The van der Waals surface area contributed by atoms with Crippen LogP contribution in [-0.2, 0) is 0 Å². The smallest absolute Gasteiger partial charge is 0.117 e. The second-order valence-electron chi connectivity index (χ2n) is 4.58. The highest BCUT2D eigenvalue weighted by molar-refractivity contribution is 7.19. The van der Waals surface area contributed by atoms with E-state index in [9.17, 15) is 0 Å². The van der Waals surface area contributed by atoms with Crippen LogP contribution in [-0.4, -0.2) is 9.97 Å². The quantitative estimate of drug-likeness (QED) is 0.683. The van der Waals surface area contributed by atoms with E-state index in [1.807, 2.05) is 30.5 Å². The molecular formula is C16H14N2S. The second kappa shape index (κ2) is 4.94. The number of fused-ring (bicyclic) bond motifs is 1. The van der Waals surface area contributed by atoms with Gasteiger partial charge in [0.1, 0.15) is 5.01 Å². The lowest BCUT2D eigenvalue weighted by Gasteiger charge is -1.96. The third-order valence-corrected chi connectivity index (χ3v) is 4.11. The zero-order chi connectivity index (χ0) is 13.2. The molecule has 1 aromatic carbocycles. The average Bonchev–Trinajstić information content (AvgIpc) is 2.80. The van der Waals surface area contributed by atoms with E-state index in [2.05, 4.69) is 35.9 Å². The average molecular weight is 266 g/mol. The molecule has 0 radical (unpaired) electrons. The predicted octanol–water partition coefficient (Wildman–Crippen LogP) is 4.48. The van der Waals surface area contributed by atoms with Crippen LogP contribution in [0.1, 0.15) is 21.7 Å². The van der Waals surface area contributed by atoms with Crippen LogP contribution in [0, 0.1) is 13.8 Å². The van der Waals surface area contributed by atoms with E-state index in [1.165, 1.54) is 15.8 Å². The number of benzene rings is 1. The third-order valence-electron chi connectivity index (χ3n) is 3.12. The summed E-state index contributed by atoms with van der Waals surface area (Å²) in [5.41, 5.74) is 4.78. The molecule has 0 bridgehead atoms. The first-order chi connectivity index (χ1) is 9.22. The molecule has 19 heavy (non-hydrogen) atoms. The molecule has 0 aliphatic rings. The molecule has 3 rings (SSSR count). The SMILES string of the molecule is Cc1cc2nc(C=Cc3cccnc3)sc2cc1C. The molecule has 2 heterocycles. The molecule has 0 aliphatic carbocycles. The van der Waals surface area contributed by atoms with Crippen molar-refractivity contribution in [1.82, 2.24) is 9.97 Å². The molecule has 3 aromatic rings. The minimum absolute atomic E-state index is 1.03. The van der Waals surface area contributed by atoms with Crippen LogP contribution in [0.5, 0.6) is 0 Å². The summed E-state index contributed by atoms with van der Waals surface area (Å²) in [7, 11) is 0. The van der Waals surface area contributed by atoms with E-state index in [4.69, 9.17) is 0 Å². The van der Waals surface area contributed by atoms with Gasteiger partial charge in [0.25, 0.3) is 0 Å². The van der Waals surface area contributed by atoms with Crippen molar-refractivity contribution in [2.45, 2.75) is 13.8 Å². The van der Waals surface area contributed by atoms with E-state index in [0.29, 0.717) is 0 Å². The van der Waals surface area contributed by atoms with Gasteiger partial charge in [0.05, 0.1) is 10.2 Å². The van der Waals surface area contributed by atoms with Crippen LogP contribution in [0.25, 0.3) is 22.4 Å². The Balaban J connectivity index is 1.96. The number of nitrogens with zero attached hydrogens (tertiary/aromatic N) is 2. The Morgan fingerprint density at radius 1 is 1.11 bits per heavy atom. The first-order valence-corrected chi connectivity index (χ1v) is 7.00. The molecule has 0 amide bonds. The lowest BCUT2D eigenvalue weighted by atomic mass is 10.1. The van der Waals surface area contributed by atoms with Gasteiger partial charge in [-0.1, -0.05) is 12.1 Å². The van der Waals surface area contributed by atoms with Crippen molar-refractivity contribution in [1.29, 1.82) is 0 Å². The maximum atomic E-state index is 4.64. The Morgan fingerprint density at radius 3 is 2.74 bits per heavy atom. The number of aryl methyl sites for hydroxylation is 2. The molecule has 0 saturated heterocycles. The Morgan fingerprint density at radius 2 is 1.95 bits per heavy atom. The van der Waals surface area contributed by atoms with E-state index >= 15 is 0 Å². The van der Waals surface area contributed by atoms with Crippen molar-refractivity contribution in [3.8, 4) is 0 Å². The maximum absolute atomic E-state index is 4.64. The normalized spacial score (nSPS) is 11.5. The summed E-state index contributed by atoms with van der Waals surface area (Å²) in [6.45, 7) is 4.26. The van der Waals surface area contributed by atoms with Gasteiger partial charge in [0, 0.05) is 12.4 Å². The minimum atomic E-state index is 1.03. The van der Waals surface area contributed by atoms with Crippen molar-refractivity contribution < 1.29 is 0 Å². The number of aromatic nitrogens is 2. The summed E-state index contributed by atoms with van der Waals surface area (Å²) in [6.07, 6.45) is 7.72. The third kappa shape index (κ3) is 2.56. The molecule has 0 aliphatic heterocycles. The molecule has 0 N–H and O–H groups in total. The predicted molar refractivity (Wildman–Crippen MR) is 82.3 cm³/mol. The highest BCUT2D eigenvalue weighted by Crippen LogP contribution is 2.26. The summed E-state index contributed by atoms with van der Waals surface area (Å²) in [5.74, 6) is 0. The molecule has 0 atom stereocenters. The molecule has 3 heteroatoms. The molecule has 0 unspecified atom stereocenters. The minimum Gasteiger partial charge on any atom is -0.264 e. The molecule has 94 valence electrons. The number of hydrogen-bond donors (Lipinski definition) is 0. The molecule has 2 aromatic heterocycles. The Kier molecular flexibility index (Phi) is 3.13. The molecule has 0 saturated carbocycles. The molecule has 0 fully saturated rings. The van der Waals surface area contributed by atoms with Gasteiger partial charge in [-0.2, -0.15) is 0 Å². The van der Waals surface area contributed by atoms with Crippen LogP contribution >= 0.6 is 11.3 Å². The van der Waals surface area contributed by atoms with Gasteiger partial charge >= 0.3 is 0 Å². The molecule has 2 nitrogen and oxygen atoms in total. The van der Waals surface area contributed by atoms with Crippen molar-refractivity contribution in [2.75, 3.05) is 0 Å². The van der Waals surface area contributed by atoms with Gasteiger partial charge in [0.15, 0.2) is 0 Å². The fourth-order valence-electron chi connectivity index (χ4n) is 1.91. The van der Waals surface area contributed by atoms with Gasteiger partial charge in [-0.25, -0.2) is 4.98 Å². The van der Waals surface area contributed by atoms with E-state index in [0.717, 1.165) is 16.1 Å². The van der Waals surface area contributed by atoms with Crippen LogP contribution in [0.4, 0.5) is 0 Å². The monoisotopic (exact) mass is 266 g/mol. The fourth-order valence-corrected chi connectivity index (χ4v) is 2.86. The first-order valence-electron chi connectivity index (χ1n) is 6.18. The van der Waals surface area contributed by atoms with E-state index in [-0.39, 0.29) is 0 Å². The molecular weight excluding hydrogens is 252 g/mol. The summed E-state index contributed by atoms with van der Waals surface area (Å²) in [4.78, 5) is 8.74. The van der Waals surface area contributed by atoms with E-state index in [1.54, 1.807) is 17.5 Å². The lowest BCUT2D eigenvalue weighted by molar-refractivity contribution is 1.32. The highest BCUT2D eigenvalue weighted by atomic mass is 32.1. The standard InChI is InChI=1S/C16H14N2S/c1-11-8-14-15(9-12(11)2)19-16(18-14)6-5-13-4-3-7-17-10-13/h3-10H,1-2H3. The number of pyridine rings is 1. The van der Waals surface area contributed by atoms with Crippen molar-refractivity contribution in [2.24, 2.45) is 0 Å².